The summed E-state index contributed by atoms with van der Waals surface area (Å²) in [6, 6.07) is 3.08. The summed E-state index contributed by atoms with van der Waals surface area (Å²) in [5.41, 5.74) is -1.34. The maximum atomic E-state index is 13.6. The molecule has 0 aliphatic rings. The molecule has 0 radical (unpaired) electrons. The van der Waals surface area contributed by atoms with Gasteiger partial charge in [0.15, 0.2) is 0 Å². The Morgan fingerprint density at radius 1 is 1.09 bits per heavy atom. The second-order valence-electron chi connectivity index (χ2n) is 10.8. The Bertz CT molecular complexity index is 881. The predicted molar refractivity (Wildman–Crippen MR) is 135 cm³/mol. The molecule has 0 saturated carbocycles. The fraction of sp³-hybridized carbons (Fsp3) is 0.640. The number of hydrogen-bond acceptors (Lipinski definition) is 5. The normalized spacial score (nSPS) is 14.8. The molecule has 2 N–H and O–H groups in total. The van der Waals surface area contributed by atoms with Crippen molar-refractivity contribution in [3.63, 3.8) is 0 Å². The van der Waals surface area contributed by atoms with E-state index in [1.165, 1.54) is 19.2 Å². The van der Waals surface area contributed by atoms with Crippen LogP contribution in [0.15, 0.2) is 23.1 Å². The van der Waals surface area contributed by atoms with Crippen molar-refractivity contribution >= 4 is 41.1 Å². The second kappa shape index (κ2) is 12.2. The third-order valence-corrected chi connectivity index (χ3v) is 6.69. The molecule has 0 spiro atoms. The lowest BCUT2D eigenvalue weighted by atomic mass is 9.85. The molecule has 0 fully saturated rings. The van der Waals surface area contributed by atoms with Crippen molar-refractivity contribution in [1.29, 1.82) is 0 Å². The molecule has 0 unspecified atom stereocenters. The van der Waals surface area contributed by atoms with Crippen molar-refractivity contribution in [2.24, 2.45) is 17.3 Å². The summed E-state index contributed by atoms with van der Waals surface area (Å²) < 4.78 is 19.3. The van der Waals surface area contributed by atoms with Crippen LogP contribution in [-0.2, 0) is 19.1 Å². The van der Waals surface area contributed by atoms with Crippen LogP contribution in [0.4, 0.5) is 4.39 Å². The number of carbonyl (C=O) groups is 3. The Kier molecular flexibility index (Phi) is 10.9. The molecule has 0 aliphatic carbocycles. The first-order valence-corrected chi connectivity index (χ1v) is 12.6. The van der Waals surface area contributed by atoms with Gasteiger partial charge in [-0.15, -0.1) is 11.8 Å². The lowest BCUT2D eigenvalue weighted by molar-refractivity contribution is -0.156. The Hall–Kier alpha value is -1.80. The third-order valence-electron chi connectivity index (χ3n) is 4.88. The zero-order chi connectivity index (χ0) is 26.4. The number of benzene rings is 1. The smallest absolute Gasteiger partial charge is 0.320 e. The minimum absolute atomic E-state index is 0.0677. The minimum Gasteiger partial charge on any atom is -0.459 e. The minimum atomic E-state index is -0.963. The molecular weight excluding hydrogens is 479 g/mol. The molecule has 0 heterocycles. The average Bonchev–Trinajstić information content (AvgIpc) is 2.66. The van der Waals surface area contributed by atoms with Gasteiger partial charge in [0.1, 0.15) is 22.7 Å². The van der Waals surface area contributed by atoms with Gasteiger partial charge < -0.3 is 15.4 Å². The topological polar surface area (TPSA) is 84.5 Å². The number of ether oxygens (including phenoxy) is 1. The van der Waals surface area contributed by atoms with Crippen molar-refractivity contribution < 1.29 is 23.5 Å². The maximum Gasteiger partial charge on any atom is 0.320 e. The van der Waals surface area contributed by atoms with E-state index in [0.717, 1.165) is 17.8 Å². The molecule has 1 aromatic carbocycles. The van der Waals surface area contributed by atoms with Crippen LogP contribution in [0.3, 0.4) is 0 Å². The number of halogens is 2. The fourth-order valence-corrected chi connectivity index (χ4v) is 4.74. The molecule has 34 heavy (non-hydrogen) atoms. The van der Waals surface area contributed by atoms with E-state index in [-0.39, 0.29) is 16.8 Å². The molecule has 0 saturated heterocycles. The van der Waals surface area contributed by atoms with E-state index in [2.05, 4.69) is 10.6 Å². The molecule has 2 amide bonds. The number of thioether (sulfide) groups is 1. The standard InChI is InChI=1S/C25H38ClFN2O4S/c1-14(2)12-16(21(30)29-20(22(31)28-9)24(3,4)5)19(23(32)33-25(6,7)8)34-18-11-10-15(27)13-17(18)26/h10-11,13-14,16,19-20H,12H2,1-9H3,(H,28,31)(H,29,30)/t16-,19+,20-/m1/s1. The Morgan fingerprint density at radius 2 is 1.68 bits per heavy atom. The summed E-state index contributed by atoms with van der Waals surface area (Å²) in [7, 11) is 1.51. The zero-order valence-corrected chi connectivity index (χ0v) is 23.1. The maximum absolute atomic E-state index is 13.6. The van der Waals surface area contributed by atoms with Gasteiger partial charge in [-0.1, -0.05) is 46.2 Å². The number of amides is 2. The lowest BCUT2D eigenvalue weighted by Gasteiger charge is -2.34. The van der Waals surface area contributed by atoms with Crippen LogP contribution in [0.2, 0.25) is 5.02 Å². The molecule has 1 aromatic rings. The summed E-state index contributed by atoms with van der Waals surface area (Å²) in [6.07, 6.45) is 0.367. The molecule has 0 aromatic heterocycles. The molecule has 9 heteroatoms. The van der Waals surface area contributed by atoms with E-state index in [9.17, 15) is 18.8 Å². The first-order chi connectivity index (χ1) is 15.5. The van der Waals surface area contributed by atoms with Crippen molar-refractivity contribution in [2.45, 2.75) is 83.6 Å². The summed E-state index contributed by atoms with van der Waals surface area (Å²) in [5, 5.41) is 4.62. The largest absolute Gasteiger partial charge is 0.459 e. The van der Waals surface area contributed by atoms with Gasteiger partial charge in [0, 0.05) is 11.9 Å². The Morgan fingerprint density at radius 3 is 2.12 bits per heavy atom. The molecule has 6 nitrogen and oxygen atoms in total. The predicted octanol–water partition coefficient (Wildman–Crippen LogP) is 5.22. The quantitative estimate of drug-likeness (QED) is 0.347. The number of carbonyl (C=O) groups excluding carboxylic acids is 3. The lowest BCUT2D eigenvalue weighted by Crippen LogP contribution is -2.55. The van der Waals surface area contributed by atoms with Crippen LogP contribution >= 0.6 is 23.4 Å². The number of esters is 1. The highest BCUT2D eigenvalue weighted by Gasteiger charge is 2.41. The van der Waals surface area contributed by atoms with E-state index in [0.29, 0.717) is 11.3 Å². The first-order valence-electron chi connectivity index (χ1n) is 11.3. The van der Waals surface area contributed by atoms with Crippen LogP contribution in [0.1, 0.15) is 61.8 Å². The van der Waals surface area contributed by atoms with Crippen molar-refractivity contribution in [3.05, 3.63) is 29.0 Å². The SMILES string of the molecule is CNC(=O)[C@@H](NC(=O)[C@H](CC(C)C)[C@H](Sc1ccc(F)cc1Cl)C(=O)OC(C)(C)C)C(C)(C)C. The highest BCUT2D eigenvalue weighted by atomic mass is 35.5. The van der Waals surface area contributed by atoms with Gasteiger partial charge in [0.25, 0.3) is 0 Å². The summed E-state index contributed by atoms with van der Waals surface area (Å²) >= 11 is 7.30. The van der Waals surface area contributed by atoms with E-state index < -0.39 is 45.9 Å². The molecule has 0 bridgehead atoms. The molecule has 192 valence electrons. The van der Waals surface area contributed by atoms with Gasteiger partial charge in [0.05, 0.1) is 10.9 Å². The molecule has 0 aliphatic heterocycles. The van der Waals surface area contributed by atoms with Gasteiger partial charge >= 0.3 is 5.97 Å². The number of rotatable bonds is 9. The van der Waals surface area contributed by atoms with Crippen molar-refractivity contribution in [3.8, 4) is 0 Å². The molecule has 1 rings (SSSR count). The van der Waals surface area contributed by atoms with Gasteiger partial charge in [-0.2, -0.15) is 0 Å². The molecular formula is C25H38ClFN2O4S. The zero-order valence-electron chi connectivity index (χ0n) is 21.5. The van der Waals surface area contributed by atoms with Crippen LogP contribution < -0.4 is 10.6 Å². The number of nitrogens with one attached hydrogen (secondary N) is 2. The first kappa shape index (κ1) is 30.2. The van der Waals surface area contributed by atoms with Gasteiger partial charge in [0.2, 0.25) is 11.8 Å². The van der Waals surface area contributed by atoms with Crippen molar-refractivity contribution in [1.82, 2.24) is 10.6 Å². The third kappa shape index (κ3) is 9.45. The van der Waals surface area contributed by atoms with Crippen LogP contribution in [0.25, 0.3) is 0 Å². The van der Waals surface area contributed by atoms with Crippen LogP contribution in [0, 0.1) is 23.1 Å². The Balaban J connectivity index is 3.46. The summed E-state index contributed by atoms with van der Waals surface area (Å²) in [6.45, 7) is 14.7. The number of likely N-dealkylation sites (N-methyl/N-ethyl adjacent to an activating group) is 1. The van der Waals surface area contributed by atoms with Gasteiger partial charge in [-0.3, -0.25) is 14.4 Å². The average molecular weight is 517 g/mol. The van der Waals surface area contributed by atoms with Gasteiger partial charge in [-0.25, -0.2) is 4.39 Å². The summed E-state index contributed by atoms with van der Waals surface area (Å²) in [5.74, 6) is -2.59. The fourth-order valence-electron chi connectivity index (χ4n) is 3.31. The van der Waals surface area contributed by atoms with Crippen LogP contribution in [0.5, 0.6) is 0 Å². The van der Waals surface area contributed by atoms with Gasteiger partial charge in [-0.05, 0) is 56.7 Å². The monoisotopic (exact) mass is 516 g/mol. The van der Waals surface area contributed by atoms with E-state index in [1.54, 1.807) is 20.8 Å². The Labute approximate surface area is 212 Å². The van der Waals surface area contributed by atoms with E-state index in [4.69, 9.17) is 16.3 Å². The highest BCUT2D eigenvalue weighted by Crippen LogP contribution is 2.37. The second-order valence-corrected chi connectivity index (χ2v) is 12.4. The van der Waals surface area contributed by atoms with E-state index >= 15 is 0 Å². The summed E-state index contributed by atoms with van der Waals surface area (Å²) in [4.78, 5) is 39.9. The van der Waals surface area contributed by atoms with E-state index in [1.807, 2.05) is 34.6 Å². The van der Waals surface area contributed by atoms with Crippen LogP contribution in [-0.4, -0.2) is 41.7 Å². The number of hydrogen-bond donors (Lipinski definition) is 2. The molecule has 3 atom stereocenters. The highest BCUT2D eigenvalue weighted by molar-refractivity contribution is 8.00. The van der Waals surface area contributed by atoms with Crippen molar-refractivity contribution in [2.75, 3.05) is 7.05 Å².